The van der Waals surface area contributed by atoms with Gasteiger partial charge in [0.05, 0.1) is 34.1 Å². The molecule has 8 nitrogen and oxygen atoms in total. The number of aliphatic hydroxyl groups is 1. The predicted octanol–water partition coefficient (Wildman–Crippen LogP) is 2.91. The van der Waals surface area contributed by atoms with E-state index in [-0.39, 0.29) is 29.8 Å². The van der Waals surface area contributed by atoms with Crippen molar-refractivity contribution >= 4 is 34.0 Å². The quantitative estimate of drug-likeness (QED) is 0.529. The van der Waals surface area contributed by atoms with E-state index in [1.54, 1.807) is 16.6 Å². The van der Waals surface area contributed by atoms with Gasteiger partial charge in [-0.15, -0.1) is 11.3 Å². The van der Waals surface area contributed by atoms with Crippen LogP contribution in [0, 0.1) is 0 Å². The topological polar surface area (TPSA) is 108 Å². The van der Waals surface area contributed by atoms with Gasteiger partial charge < -0.3 is 15.7 Å². The Kier molecular flexibility index (Phi) is 6.14. The number of hydrogen-bond donors (Lipinski definition) is 2. The van der Waals surface area contributed by atoms with Gasteiger partial charge >= 0.3 is 6.18 Å². The number of amides is 1. The maximum absolute atomic E-state index is 13.3. The zero-order chi connectivity index (χ0) is 24.8. The minimum absolute atomic E-state index is 0.127. The fraction of sp³-hybridized carbons (Fsp3) is 0.478. The van der Waals surface area contributed by atoms with E-state index in [0.717, 1.165) is 29.9 Å². The number of benzene rings is 1. The minimum atomic E-state index is -4.51. The molecule has 3 aromatic rings. The molecular formula is C23H25F3N6O2S. The number of carbonyl (C=O) groups is 1. The molecule has 186 valence electrons. The Morgan fingerprint density at radius 1 is 1.26 bits per heavy atom. The molecule has 3 N–H and O–H groups in total. The predicted molar refractivity (Wildman–Crippen MR) is 125 cm³/mol. The van der Waals surface area contributed by atoms with E-state index in [4.69, 9.17) is 5.73 Å². The van der Waals surface area contributed by atoms with Crippen LogP contribution in [0.5, 0.6) is 0 Å². The van der Waals surface area contributed by atoms with Gasteiger partial charge in [0.25, 0.3) is 0 Å². The molecule has 2 aromatic heterocycles. The summed E-state index contributed by atoms with van der Waals surface area (Å²) in [6, 6.07) is 3.48. The lowest BCUT2D eigenvalue weighted by molar-refractivity contribution is -0.137. The lowest BCUT2D eigenvalue weighted by Crippen LogP contribution is -2.64. The lowest BCUT2D eigenvalue weighted by atomic mass is 9.80. The van der Waals surface area contributed by atoms with Crippen molar-refractivity contribution in [2.45, 2.75) is 49.5 Å². The van der Waals surface area contributed by atoms with Crippen LogP contribution in [-0.4, -0.2) is 62.6 Å². The fourth-order valence-corrected chi connectivity index (χ4v) is 5.89. The van der Waals surface area contributed by atoms with Gasteiger partial charge in [-0.1, -0.05) is 0 Å². The average Bonchev–Trinajstić information content (AvgIpc) is 3.33. The third-order valence-corrected chi connectivity index (χ3v) is 8.03. The van der Waals surface area contributed by atoms with Crippen LogP contribution in [-0.2, 0) is 16.6 Å². The first kappa shape index (κ1) is 23.9. The van der Waals surface area contributed by atoms with Crippen LogP contribution in [0.1, 0.15) is 36.1 Å². The number of thiazole rings is 1. The normalized spacial score (nSPS) is 23.8. The number of alkyl halides is 3. The molecular weight excluding hydrogens is 481 g/mol. The molecule has 2 fully saturated rings. The van der Waals surface area contributed by atoms with Gasteiger partial charge in [-0.2, -0.15) is 13.2 Å². The highest BCUT2D eigenvalue weighted by molar-refractivity contribution is 7.09. The van der Waals surface area contributed by atoms with Crippen molar-refractivity contribution in [2.24, 2.45) is 5.73 Å². The Hall–Kier alpha value is -2.83. The molecule has 3 heterocycles. The van der Waals surface area contributed by atoms with Gasteiger partial charge in [-0.05, 0) is 43.9 Å². The largest absolute Gasteiger partial charge is 0.416 e. The zero-order valence-electron chi connectivity index (χ0n) is 18.8. The summed E-state index contributed by atoms with van der Waals surface area (Å²) in [6.45, 7) is 1.10. The van der Waals surface area contributed by atoms with Crippen LogP contribution in [0.15, 0.2) is 36.2 Å². The summed E-state index contributed by atoms with van der Waals surface area (Å²) in [5, 5.41) is 11.2. The first-order valence-electron chi connectivity index (χ1n) is 11.4. The maximum Gasteiger partial charge on any atom is 0.416 e. The van der Waals surface area contributed by atoms with Crippen molar-refractivity contribution in [2.75, 3.05) is 24.5 Å². The molecule has 1 aromatic carbocycles. The number of hydrogen-bond acceptors (Lipinski definition) is 8. The van der Waals surface area contributed by atoms with Gasteiger partial charge in [0, 0.05) is 30.7 Å². The number of fused-ring (bicyclic) bond motifs is 1. The highest BCUT2D eigenvalue weighted by atomic mass is 32.1. The average molecular weight is 507 g/mol. The standard InChI is InChI=1S/C23H25F3N6O2S/c24-23(25,26)14-1-2-18-17(7-14)21(30-12-29-18)32(11-20(27)33)16-9-31(10-16)15-3-5-22(34,6-4-15)19-8-28-13-35-19/h1-2,7-8,12-13,15-16,34H,3-6,9-11H2,(H2,27,33). The molecule has 1 aliphatic carbocycles. The summed E-state index contributed by atoms with van der Waals surface area (Å²) in [6.07, 6.45) is 1.43. The summed E-state index contributed by atoms with van der Waals surface area (Å²) < 4.78 is 40.0. The molecule has 35 heavy (non-hydrogen) atoms. The lowest BCUT2D eigenvalue weighted by Gasteiger charge is -2.51. The van der Waals surface area contributed by atoms with Gasteiger partial charge in [-0.25, -0.2) is 9.97 Å². The second-order valence-corrected chi connectivity index (χ2v) is 10.1. The van der Waals surface area contributed by atoms with Crippen molar-refractivity contribution in [3.05, 3.63) is 46.7 Å². The van der Waals surface area contributed by atoms with Crippen LogP contribution in [0.25, 0.3) is 10.9 Å². The highest BCUT2D eigenvalue weighted by Crippen LogP contribution is 2.41. The number of nitrogens with two attached hydrogens (primary N) is 1. The third kappa shape index (κ3) is 4.69. The minimum Gasteiger partial charge on any atom is -0.384 e. The molecule has 1 aliphatic heterocycles. The number of primary amides is 1. The van der Waals surface area contributed by atoms with Crippen LogP contribution in [0.4, 0.5) is 19.0 Å². The van der Waals surface area contributed by atoms with Crippen LogP contribution in [0.3, 0.4) is 0 Å². The molecule has 0 bridgehead atoms. The number of likely N-dealkylation sites (tertiary alicyclic amines) is 1. The van der Waals surface area contributed by atoms with Crippen LogP contribution < -0.4 is 10.6 Å². The molecule has 5 rings (SSSR count). The van der Waals surface area contributed by atoms with Gasteiger partial charge in [0.2, 0.25) is 5.91 Å². The molecule has 0 spiro atoms. The summed E-state index contributed by atoms with van der Waals surface area (Å²) >= 11 is 1.46. The third-order valence-electron chi connectivity index (χ3n) is 7.06. The Labute approximate surface area is 203 Å². The molecule has 0 atom stereocenters. The molecule has 0 unspecified atom stereocenters. The van der Waals surface area contributed by atoms with E-state index in [1.807, 2.05) is 0 Å². The second-order valence-electron chi connectivity index (χ2n) is 9.26. The number of halogens is 3. The highest BCUT2D eigenvalue weighted by Gasteiger charge is 2.43. The van der Waals surface area contributed by atoms with E-state index < -0.39 is 23.2 Å². The van der Waals surface area contributed by atoms with Crippen LogP contribution >= 0.6 is 11.3 Å². The number of anilines is 1. The summed E-state index contributed by atoms with van der Waals surface area (Å²) in [5.41, 5.74) is 5.94. The molecule has 1 saturated heterocycles. The smallest absolute Gasteiger partial charge is 0.384 e. The Bertz CT molecular complexity index is 1210. The summed E-state index contributed by atoms with van der Waals surface area (Å²) in [4.78, 5) is 29.2. The van der Waals surface area contributed by atoms with Gasteiger partial charge in [0.15, 0.2) is 0 Å². The second kappa shape index (κ2) is 8.99. The molecule has 12 heteroatoms. The first-order valence-corrected chi connectivity index (χ1v) is 12.2. The number of aromatic nitrogens is 3. The Balaban J connectivity index is 1.32. The van der Waals surface area contributed by atoms with E-state index in [9.17, 15) is 23.1 Å². The maximum atomic E-state index is 13.3. The molecule has 2 aliphatic rings. The molecule has 1 saturated carbocycles. The van der Waals surface area contributed by atoms with Crippen molar-refractivity contribution in [3.63, 3.8) is 0 Å². The SMILES string of the molecule is NC(=O)CN(c1ncnc2ccc(C(F)(F)F)cc12)C1CN(C2CCC(O)(c3cncs3)CC2)C1. The number of rotatable bonds is 6. The van der Waals surface area contributed by atoms with Crippen molar-refractivity contribution in [1.82, 2.24) is 19.9 Å². The Morgan fingerprint density at radius 3 is 2.63 bits per heavy atom. The number of nitrogens with zero attached hydrogens (tertiary/aromatic N) is 5. The van der Waals surface area contributed by atoms with E-state index in [1.165, 1.54) is 23.7 Å². The van der Waals surface area contributed by atoms with Gasteiger partial charge in [0.1, 0.15) is 17.7 Å². The molecule has 1 amide bonds. The monoisotopic (exact) mass is 506 g/mol. The first-order chi connectivity index (χ1) is 16.6. The molecule has 0 radical (unpaired) electrons. The van der Waals surface area contributed by atoms with Gasteiger partial charge in [-0.3, -0.25) is 14.7 Å². The van der Waals surface area contributed by atoms with E-state index in [0.29, 0.717) is 31.4 Å². The summed E-state index contributed by atoms with van der Waals surface area (Å²) in [7, 11) is 0. The summed E-state index contributed by atoms with van der Waals surface area (Å²) in [5.74, 6) is -0.317. The van der Waals surface area contributed by atoms with Crippen molar-refractivity contribution < 1.29 is 23.1 Å². The van der Waals surface area contributed by atoms with E-state index in [2.05, 4.69) is 19.9 Å². The van der Waals surface area contributed by atoms with Crippen molar-refractivity contribution in [3.8, 4) is 0 Å². The zero-order valence-corrected chi connectivity index (χ0v) is 19.6. The fourth-order valence-electron chi connectivity index (χ4n) is 5.11. The van der Waals surface area contributed by atoms with Crippen molar-refractivity contribution in [1.29, 1.82) is 0 Å². The Morgan fingerprint density at radius 2 is 2.00 bits per heavy atom. The number of carbonyl (C=O) groups excluding carboxylic acids is 1. The van der Waals surface area contributed by atoms with Crippen LogP contribution in [0.2, 0.25) is 0 Å². The van der Waals surface area contributed by atoms with E-state index >= 15 is 0 Å².